The van der Waals surface area contributed by atoms with Crippen molar-refractivity contribution in [3.63, 3.8) is 0 Å². The van der Waals surface area contributed by atoms with Gasteiger partial charge in [-0.15, -0.1) is 10.2 Å². The Morgan fingerprint density at radius 3 is 2.83 bits per heavy atom. The van der Waals surface area contributed by atoms with E-state index in [1.807, 2.05) is 28.8 Å². The summed E-state index contributed by atoms with van der Waals surface area (Å²) in [6.07, 6.45) is 9.81. The molecule has 1 amide bonds. The summed E-state index contributed by atoms with van der Waals surface area (Å²) in [5.74, 6) is 2.44. The normalized spacial score (nSPS) is 19.2. The number of furan rings is 1. The molecule has 29 heavy (non-hydrogen) atoms. The molecule has 152 valence electrons. The van der Waals surface area contributed by atoms with Crippen molar-refractivity contribution >= 4 is 17.7 Å². The van der Waals surface area contributed by atoms with Crippen LogP contribution in [-0.4, -0.2) is 37.5 Å². The Kier molecular flexibility index (Phi) is 6.29. The summed E-state index contributed by atoms with van der Waals surface area (Å²) in [6.45, 7) is 2.72. The van der Waals surface area contributed by atoms with Crippen molar-refractivity contribution in [2.24, 2.45) is 5.92 Å². The molecule has 3 aromatic heterocycles. The van der Waals surface area contributed by atoms with E-state index >= 15 is 0 Å². The van der Waals surface area contributed by atoms with E-state index in [4.69, 9.17) is 4.42 Å². The van der Waals surface area contributed by atoms with E-state index in [-0.39, 0.29) is 11.9 Å². The number of carbonyl (C=O) groups is 1. The molecule has 0 spiro atoms. The molecule has 0 radical (unpaired) electrons. The lowest BCUT2D eigenvalue weighted by Gasteiger charge is -2.29. The highest BCUT2D eigenvalue weighted by atomic mass is 32.2. The number of amides is 1. The summed E-state index contributed by atoms with van der Waals surface area (Å²) in [6, 6.07) is 7.85. The maximum atomic E-state index is 12.5. The molecule has 0 bridgehead atoms. The third kappa shape index (κ3) is 4.87. The van der Waals surface area contributed by atoms with Crippen molar-refractivity contribution in [2.75, 3.05) is 5.75 Å². The minimum absolute atomic E-state index is 0.0479. The van der Waals surface area contributed by atoms with Crippen molar-refractivity contribution in [1.29, 1.82) is 0 Å². The van der Waals surface area contributed by atoms with Crippen LogP contribution in [0.3, 0.4) is 0 Å². The molecule has 1 fully saturated rings. The fourth-order valence-corrected chi connectivity index (χ4v) is 4.47. The number of thioether (sulfide) groups is 1. The largest absolute Gasteiger partial charge is 0.467 e. The summed E-state index contributed by atoms with van der Waals surface area (Å²) < 4.78 is 7.49. The fourth-order valence-electron chi connectivity index (χ4n) is 3.72. The van der Waals surface area contributed by atoms with E-state index in [2.05, 4.69) is 27.4 Å². The summed E-state index contributed by atoms with van der Waals surface area (Å²) in [7, 11) is 0. The Hall–Kier alpha value is -2.61. The fraction of sp³-hybridized carbons (Fsp3) is 0.429. The second kappa shape index (κ2) is 9.26. The van der Waals surface area contributed by atoms with Crippen LogP contribution in [0.15, 0.2) is 52.5 Å². The van der Waals surface area contributed by atoms with Crippen molar-refractivity contribution in [1.82, 2.24) is 25.1 Å². The number of rotatable bonds is 7. The lowest BCUT2D eigenvalue weighted by Crippen LogP contribution is -2.41. The molecule has 2 atom stereocenters. The number of pyridine rings is 1. The molecule has 8 heteroatoms. The first kappa shape index (κ1) is 19.7. The van der Waals surface area contributed by atoms with Gasteiger partial charge in [0, 0.05) is 24.0 Å². The number of nitrogens with one attached hydrogen (secondary N) is 1. The molecule has 3 heterocycles. The molecule has 0 aromatic carbocycles. The molecule has 0 unspecified atom stereocenters. The van der Waals surface area contributed by atoms with Gasteiger partial charge in [-0.25, -0.2) is 0 Å². The van der Waals surface area contributed by atoms with Gasteiger partial charge in [-0.3, -0.25) is 14.3 Å². The second-order valence-electron chi connectivity index (χ2n) is 7.43. The topological polar surface area (TPSA) is 85.8 Å². The average Bonchev–Trinajstić information content (AvgIpc) is 3.39. The number of hydrogen-bond donors (Lipinski definition) is 1. The highest BCUT2D eigenvalue weighted by Crippen LogP contribution is 2.26. The van der Waals surface area contributed by atoms with Crippen LogP contribution in [0.1, 0.15) is 38.4 Å². The van der Waals surface area contributed by atoms with E-state index in [0.29, 0.717) is 23.4 Å². The van der Waals surface area contributed by atoms with Gasteiger partial charge in [0.15, 0.2) is 11.0 Å². The monoisotopic (exact) mass is 411 g/mol. The van der Waals surface area contributed by atoms with Crippen LogP contribution < -0.4 is 5.32 Å². The number of aromatic nitrogens is 4. The van der Waals surface area contributed by atoms with Gasteiger partial charge in [-0.2, -0.15) is 0 Å². The highest BCUT2D eigenvalue weighted by Gasteiger charge is 2.23. The maximum absolute atomic E-state index is 12.5. The summed E-state index contributed by atoms with van der Waals surface area (Å²) in [5, 5.41) is 12.6. The predicted octanol–water partition coefficient (Wildman–Crippen LogP) is 3.77. The summed E-state index contributed by atoms with van der Waals surface area (Å²) in [5.41, 5.74) is 0.923. The zero-order valence-electron chi connectivity index (χ0n) is 16.5. The Labute approximate surface area is 174 Å². The Morgan fingerprint density at radius 1 is 1.24 bits per heavy atom. The zero-order chi connectivity index (χ0) is 20.1. The smallest absolute Gasteiger partial charge is 0.230 e. The third-order valence-corrected chi connectivity index (χ3v) is 6.31. The van der Waals surface area contributed by atoms with Gasteiger partial charge in [0.25, 0.3) is 0 Å². The van der Waals surface area contributed by atoms with Gasteiger partial charge in [0.2, 0.25) is 5.91 Å². The minimum Gasteiger partial charge on any atom is -0.467 e. The van der Waals surface area contributed by atoms with Gasteiger partial charge in [-0.05, 0) is 43.0 Å². The predicted molar refractivity (Wildman–Crippen MR) is 111 cm³/mol. The Bertz CT molecular complexity index is 926. The second-order valence-corrected chi connectivity index (χ2v) is 8.37. The van der Waals surface area contributed by atoms with Gasteiger partial charge >= 0.3 is 0 Å². The van der Waals surface area contributed by atoms with Crippen molar-refractivity contribution in [3.05, 3.63) is 48.7 Å². The first-order valence-electron chi connectivity index (χ1n) is 9.99. The molecular weight excluding hydrogens is 386 g/mol. The maximum Gasteiger partial charge on any atom is 0.230 e. The molecule has 1 saturated carbocycles. The Balaban J connectivity index is 1.48. The van der Waals surface area contributed by atoms with Crippen LogP contribution in [-0.2, 0) is 11.3 Å². The van der Waals surface area contributed by atoms with E-state index in [0.717, 1.165) is 23.6 Å². The molecule has 1 aliphatic rings. The minimum atomic E-state index is 0.0479. The van der Waals surface area contributed by atoms with E-state index < -0.39 is 0 Å². The molecule has 1 N–H and O–H groups in total. The highest BCUT2D eigenvalue weighted by molar-refractivity contribution is 7.99. The zero-order valence-corrected chi connectivity index (χ0v) is 17.3. The molecule has 3 aromatic rings. The van der Waals surface area contributed by atoms with Crippen LogP contribution in [0, 0.1) is 5.92 Å². The third-order valence-electron chi connectivity index (χ3n) is 5.34. The van der Waals surface area contributed by atoms with Crippen LogP contribution >= 0.6 is 11.8 Å². The first-order chi connectivity index (χ1) is 14.2. The standard InChI is InChI=1S/C21H25N5O2S/c1-15-5-2-3-7-18(15)23-19(27)14-29-21-25-24-20(16-8-10-22-11-9-16)26(21)13-17-6-4-12-28-17/h4,6,8-12,15,18H,2-3,5,7,13-14H2,1H3,(H,23,27)/t15-,18-/m0/s1. The van der Waals surface area contributed by atoms with E-state index in [9.17, 15) is 4.79 Å². The molecular formula is C21H25N5O2S. The lowest BCUT2D eigenvalue weighted by atomic mass is 9.86. The van der Waals surface area contributed by atoms with E-state index in [1.165, 1.54) is 31.0 Å². The number of carbonyl (C=O) groups excluding carboxylic acids is 1. The van der Waals surface area contributed by atoms with Crippen LogP contribution in [0.2, 0.25) is 0 Å². The first-order valence-corrected chi connectivity index (χ1v) is 11.0. The number of hydrogen-bond acceptors (Lipinski definition) is 6. The molecule has 7 nitrogen and oxygen atoms in total. The van der Waals surface area contributed by atoms with Crippen LogP contribution in [0.25, 0.3) is 11.4 Å². The van der Waals surface area contributed by atoms with Gasteiger partial charge in [-0.1, -0.05) is 31.5 Å². The molecule has 0 saturated heterocycles. The SMILES string of the molecule is C[C@H]1CCCC[C@@H]1NC(=O)CSc1nnc(-c2ccncc2)n1Cc1ccco1. The number of nitrogens with zero attached hydrogens (tertiary/aromatic N) is 4. The molecule has 4 rings (SSSR count). The van der Waals surface area contributed by atoms with Crippen molar-refractivity contribution in [2.45, 2.75) is 50.4 Å². The van der Waals surface area contributed by atoms with Crippen LogP contribution in [0.4, 0.5) is 0 Å². The Morgan fingerprint density at radius 2 is 2.07 bits per heavy atom. The summed E-state index contributed by atoms with van der Waals surface area (Å²) in [4.78, 5) is 16.6. The summed E-state index contributed by atoms with van der Waals surface area (Å²) >= 11 is 1.40. The lowest BCUT2D eigenvalue weighted by molar-refractivity contribution is -0.119. The molecule has 1 aliphatic carbocycles. The molecule has 0 aliphatic heterocycles. The van der Waals surface area contributed by atoms with Crippen molar-refractivity contribution < 1.29 is 9.21 Å². The van der Waals surface area contributed by atoms with Gasteiger partial charge < -0.3 is 9.73 Å². The average molecular weight is 412 g/mol. The quantitative estimate of drug-likeness (QED) is 0.596. The van der Waals surface area contributed by atoms with Gasteiger partial charge in [0.1, 0.15) is 5.76 Å². The van der Waals surface area contributed by atoms with Gasteiger partial charge in [0.05, 0.1) is 18.6 Å². The van der Waals surface area contributed by atoms with Crippen molar-refractivity contribution in [3.8, 4) is 11.4 Å². The van der Waals surface area contributed by atoms with E-state index in [1.54, 1.807) is 18.7 Å². The van der Waals surface area contributed by atoms with Crippen LogP contribution in [0.5, 0.6) is 0 Å².